The van der Waals surface area contributed by atoms with Crippen LogP contribution in [0.4, 0.5) is 11.4 Å². The predicted molar refractivity (Wildman–Crippen MR) is 88.7 cm³/mol. The average molecular weight is 293 g/mol. The summed E-state index contributed by atoms with van der Waals surface area (Å²) in [7, 11) is 0. The predicted octanol–water partition coefficient (Wildman–Crippen LogP) is 3.56. The second kappa shape index (κ2) is 7.28. The molecule has 0 fully saturated rings. The van der Waals surface area contributed by atoms with E-state index in [1.807, 2.05) is 25.1 Å². The van der Waals surface area contributed by atoms with E-state index in [0.29, 0.717) is 11.3 Å². The van der Waals surface area contributed by atoms with Crippen molar-refractivity contribution in [2.75, 3.05) is 10.6 Å². The fraction of sp³-hybridized carbons (Fsp3) is 0.222. The SMILES string of the molecule is CCc1cccc(N[C@@H](C)C(=O)Nc2cccc(C#N)c2)c1. The quantitative estimate of drug-likeness (QED) is 0.886. The second-order valence-corrected chi connectivity index (χ2v) is 5.10. The summed E-state index contributed by atoms with van der Waals surface area (Å²) >= 11 is 0. The number of rotatable bonds is 5. The van der Waals surface area contributed by atoms with Gasteiger partial charge in [0.25, 0.3) is 0 Å². The number of carbonyl (C=O) groups excluding carboxylic acids is 1. The molecule has 0 saturated heterocycles. The molecule has 4 nitrogen and oxygen atoms in total. The molecule has 0 bridgehead atoms. The second-order valence-electron chi connectivity index (χ2n) is 5.10. The van der Waals surface area contributed by atoms with Crippen molar-refractivity contribution < 1.29 is 4.79 Å². The summed E-state index contributed by atoms with van der Waals surface area (Å²) in [5.74, 6) is -0.142. The van der Waals surface area contributed by atoms with Gasteiger partial charge in [-0.2, -0.15) is 5.26 Å². The number of nitriles is 1. The lowest BCUT2D eigenvalue weighted by atomic mass is 10.1. The van der Waals surface area contributed by atoms with Crippen molar-refractivity contribution in [2.45, 2.75) is 26.3 Å². The molecule has 1 amide bonds. The molecule has 0 aliphatic carbocycles. The summed E-state index contributed by atoms with van der Waals surface area (Å²) in [6.45, 7) is 3.90. The normalized spacial score (nSPS) is 11.3. The van der Waals surface area contributed by atoms with Gasteiger partial charge in [-0.1, -0.05) is 25.1 Å². The molecule has 0 aliphatic heterocycles. The van der Waals surface area contributed by atoms with Crippen molar-refractivity contribution in [1.82, 2.24) is 0 Å². The maximum absolute atomic E-state index is 12.2. The van der Waals surface area contributed by atoms with E-state index in [0.717, 1.165) is 12.1 Å². The molecular weight excluding hydrogens is 274 g/mol. The number of hydrogen-bond acceptors (Lipinski definition) is 3. The van der Waals surface area contributed by atoms with Crippen LogP contribution in [-0.4, -0.2) is 11.9 Å². The van der Waals surface area contributed by atoms with Crippen molar-refractivity contribution in [3.05, 3.63) is 59.7 Å². The number of nitrogens with one attached hydrogen (secondary N) is 2. The zero-order valence-electron chi connectivity index (χ0n) is 12.8. The van der Waals surface area contributed by atoms with E-state index in [1.165, 1.54) is 5.56 Å². The molecule has 1 atom stereocenters. The maximum Gasteiger partial charge on any atom is 0.246 e. The molecular formula is C18H19N3O. The average Bonchev–Trinajstić information content (AvgIpc) is 2.55. The van der Waals surface area contributed by atoms with Gasteiger partial charge in [0.2, 0.25) is 5.91 Å². The maximum atomic E-state index is 12.2. The van der Waals surface area contributed by atoms with Gasteiger partial charge in [-0.05, 0) is 49.2 Å². The first-order chi connectivity index (χ1) is 10.6. The molecule has 0 spiro atoms. The van der Waals surface area contributed by atoms with Crippen LogP contribution in [-0.2, 0) is 11.2 Å². The van der Waals surface area contributed by atoms with Gasteiger partial charge in [-0.15, -0.1) is 0 Å². The van der Waals surface area contributed by atoms with Crippen LogP contribution in [0.1, 0.15) is 25.0 Å². The van der Waals surface area contributed by atoms with Gasteiger partial charge in [-0.25, -0.2) is 0 Å². The molecule has 4 heteroatoms. The van der Waals surface area contributed by atoms with Gasteiger partial charge in [0, 0.05) is 11.4 Å². The zero-order chi connectivity index (χ0) is 15.9. The van der Waals surface area contributed by atoms with Crippen molar-refractivity contribution in [2.24, 2.45) is 0 Å². The minimum atomic E-state index is -0.377. The Hall–Kier alpha value is -2.80. The lowest BCUT2D eigenvalue weighted by molar-refractivity contribution is -0.116. The largest absolute Gasteiger partial charge is 0.374 e. The smallest absolute Gasteiger partial charge is 0.246 e. The Bertz CT molecular complexity index is 703. The Labute approximate surface area is 130 Å². The van der Waals surface area contributed by atoms with E-state index in [9.17, 15) is 4.79 Å². The van der Waals surface area contributed by atoms with Crippen LogP contribution in [0.3, 0.4) is 0 Å². The first kappa shape index (κ1) is 15.6. The topological polar surface area (TPSA) is 64.9 Å². The van der Waals surface area contributed by atoms with E-state index in [-0.39, 0.29) is 11.9 Å². The van der Waals surface area contributed by atoms with Gasteiger partial charge in [0.1, 0.15) is 6.04 Å². The van der Waals surface area contributed by atoms with Crippen molar-refractivity contribution >= 4 is 17.3 Å². The Kier molecular flexibility index (Phi) is 5.16. The number of aryl methyl sites for hydroxylation is 1. The van der Waals surface area contributed by atoms with Gasteiger partial charge < -0.3 is 10.6 Å². The molecule has 112 valence electrons. The third kappa shape index (κ3) is 4.10. The van der Waals surface area contributed by atoms with Gasteiger partial charge in [-0.3, -0.25) is 4.79 Å². The third-order valence-electron chi connectivity index (χ3n) is 3.37. The monoisotopic (exact) mass is 293 g/mol. The minimum Gasteiger partial charge on any atom is -0.374 e. The molecule has 2 N–H and O–H groups in total. The highest BCUT2D eigenvalue weighted by molar-refractivity contribution is 5.96. The minimum absolute atomic E-state index is 0.142. The Morgan fingerprint density at radius 1 is 1.18 bits per heavy atom. The number of amides is 1. The summed E-state index contributed by atoms with van der Waals surface area (Å²) < 4.78 is 0. The number of nitrogens with zero attached hydrogens (tertiary/aromatic N) is 1. The fourth-order valence-electron chi connectivity index (χ4n) is 2.11. The summed E-state index contributed by atoms with van der Waals surface area (Å²) in [5.41, 5.74) is 3.29. The molecule has 2 rings (SSSR count). The molecule has 22 heavy (non-hydrogen) atoms. The molecule has 2 aromatic rings. The van der Waals surface area contributed by atoms with Crippen LogP contribution in [0, 0.1) is 11.3 Å². The first-order valence-corrected chi connectivity index (χ1v) is 7.29. The van der Waals surface area contributed by atoms with Crippen molar-refractivity contribution in [3.63, 3.8) is 0 Å². The number of hydrogen-bond donors (Lipinski definition) is 2. The lowest BCUT2D eigenvalue weighted by Crippen LogP contribution is -2.31. The summed E-state index contributed by atoms with van der Waals surface area (Å²) in [4.78, 5) is 12.2. The standard InChI is InChI=1S/C18H19N3O/c1-3-14-6-4-8-16(10-14)20-13(2)18(22)21-17-9-5-7-15(11-17)12-19/h4-11,13,20H,3H2,1-2H3,(H,21,22)/t13-/m0/s1. The fourth-order valence-corrected chi connectivity index (χ4v) is 2.11. The lowest BCUT2D eigenvalue weighted by Gasteiger charge is -2.16. The highest BCUT2D eigenvalue weighted by Crippen LogP contribution is 2.14. The molecule has 0 saturated carbocycles. The molecule has 0 heterocycles. The summed E-state index contributed by atoms with van der Waals surface area (Å²) in [6, 6.07) is 16.6. The van der Waals surface area contributed by atoms with E-state index >= 15 is 0 Å². The van der Waals surface area contributed by atoms with E-state index in [1.54, 1.807) is 24.3 Å². The Balaban J connectivity index is 2.01. The first-order valence-electron chi connectivity index (χ1n) is 7.29. The van der Waals surface area contributed by atoms with E-state index in [2.05, 4.69) is 29.7 Å². The molecule has 0 aliphatic rings. The van der Waals surface area contributed by atoms with E-state index < -0.39 is 0 Å². The van der Waals surface area contributed by atoms with Crippen LogP contribution in [0.5, 0.6) is 0 Å². The Morgan fingerprint density at radius 2 is 1.91 bits per heavy atom. The summed E-state index contributed by atoms with van der Waals surface area (Å²) in [6.07, 6.45) is 0.955. The Morgan fingerprint density at radius 3 is 2.64 bits per heavy atom. The summed E-state index contributed by atoms with van der Waals surface area (Å²) in [5, 5.41) is 14.9. The number of carbonyl (C=O) groups is 1. The highest BCUT2D eigenvalue weighted by Gasteiger charge is 2.13. The van der Waals surface area contributed by atoms with E-state index in [4.69, 9.17) is 5.26 Å². The zero-order valence-corrected chi connectivity index (χ0v) is 12.8. The van der Waals surface area contributed by atoms with Crippen LogP contribution in [0.2, 0.25) is 0 Å². The van der Waals surface area contributed by atoms with Gasteiger partial charge in [0.15, 0.2) is 0 Å². The van der Waals surface area contributed by atoms with Gasteiger partial charge >= 0.3 is 0 Å². The molecule has 2 aromatic carbocycles. The molecule has 0 aromatic heterocycles. The van der Waals surface area contributed by atoms with Crippen LogP contribution in [0.15, 0.2) is 48.5 Å². The molecule has 0 radical (unpaired) electrons. The number of benzene rings is 2. The van der Waals surface area contributed by atoms with Crippen LogP contribution >= 0.6 is 0 Å². The number of anilines is 2. The van der Waals surface area contributed by atoms with Crippen LogP contribution < -0.4 is 10.6 Å². The van der Waals surface area contributed by atoms with Crippen molar-refractivity contribution in [1.29, 1.82) is 5.26 Å². The van der Waals surface area contributed by atoms with Crippen LogP contribution in [0.25, 0.3) is 0 Å². The highest BCUT2D eigenvalue weighted by atomic mass is 16.2. The molecule has 0 unspecified atom stereocenters. The van der Waals surface area contributed by atoms with Crippen molar-refractivity contribution in [3.8, 4) is 6.07 Å². The third-order valence-corrected chi connectivity index (χ3v) is 3.37. The van der Waals surface area contributed by atoms with Gasteiger partial charge in [0.05, 0.1) is 11.6 Å².